The van der Waals surface area contributed by atoms with Crippen LogP contribution in [0, 0.1) is 22.7 Å². The highest BCUT2D eigenvalue weighted by Gasteiger charge is 2.16. The molecule has 3 rings (SSSR count). The van der Waals surface area contributed by atoms with Crippen molar-refractivity contribution in [2.45, 2.75) is 5.03 Å². The number of para-hydroxylation sites is 1. The second-order valence-corrected chi connectivity index (χ2v) is 6.83. The Hall–Kier alpha value is -4.01. The average Bonchev–Trinajstić information content (AvgIpc) is 2.74. The molecule has 0 aliphatic rings. The minimum atomic E-state index is -0.244. The number of nitrogens with one attached hydrogen (secondary N) is 2. The van der Waals surface area contributed by atoms with Gasteiger partial charge in [0.25, 0.3) is 5.82 Å². The largest absolute Gasteiger partial charge is 0.457 e. The molecule has 4 N–H and O–H groups in total. The number of pyridine rings is 1. The van der Waals surface area contributed by atoms with E-state index in [0.717, 1.165) is 17.5 Å². The van der Waals surface area contributed by atoms with Crippen LogP contribution in [-0.4, -0.2) is 11.7 Å². The zero-order valence-electron chi connectivity index (χ0n) is 15.2. The van der Waals surface area contributed by atoms with E-state index in [0.29, 0.717) is 16.5 Å². The van der Waals surface area contributed by atoms with Crippen LogP contribution >= 0.6 is 11.8 Å². The minimum Gasteiger partial charge on any atom is -0.457 e. The van der Waals surface area contributed by atoms with Gasteiger partial charge in [-0.05, 0) is 42.5 Å². The lowest BCUT2D eigenvalue weighted by Crippen LogP contribution is -2.19. The third kappa shape index (κ3) is 5.25. The quantitative estimate of drug-likeness (QED) is 0.609. The second kappa shape index (κ2) is 9.27. The highest BCUT2D eigenvalue weighted by atomic mass is 32.2. The van der Waals surface area contributed by atoms with E-state index in [2.05, 4.69) is 10.3 Å². The summed E-state index contributed by atoms with van der Waals surface area (Å²) in [6.45, 7) is 0. The van der Waals surface area contributed by atoms with Crippen molar-refractivity contribution in [3.63, 3.8) is 0 Å². The lowest BCUT2D eigenvalue weighted by molar-refractivity contribution is -0.410. The summed E-state index contributed by atoms with van der Waals surface area (Å²) in [5.74, 6) is 1.37. The van der Waals surface area contributed by atoms with Gasteiger partial charge >= 0.3 is 0 Å². The maximum atomic E-state index is 12.2. The number of H-pyrrole nitrogens is 1. The van der Waals surface area contributed by atoms with Gasteiger partial charge in [0.2, 0.25) is 5.91 Å². The van der Waals surface area contributed by atoms with E-state index >= 15 is 0 Å². The molecule has 0 atom stereocenters. The van der Waals surface area contributed by atoms with E-state index in [1.165, 1.54) is 6.07 Å². The van der Waals surface area contributed by atoms with E-state index < -0.39 is 0 Å². The number of thioether (sulfide) groups is 1. The van der Waals surface area contributed by atoms with Crippen molar-refractivity contribution >= 4 is 29.2 Å². The van der Waals surface area contributed by atoms with Crippen LogP contribution < -0.4 is 20.8 Å². The van der Waals surface area contributed by atoms with Gasteiger partial charge in [-0.2, -0.15) is 10.5 Å². The predicted molar refractivity (Wildman–Crippen MR) is 109 cm³/mol. The Morgan fingerprint density at radius 2 is 1.69 bits per heavy atom. The molecule has 2 aromatic carbocycles. The van der Waals surface area contributed by atoms with Gasteiger partial charge in [0.15, 0.2) is 5.03 Å². The number of aromatic nitrogens is 1. The van der Waals surface area contributed by atoms with Crippen molar-refractivity contribution in [2.24, 2.45) is 0 Å². The monoisotopic (exact) mass is 402 g/mol. The summed E-state index contributed by atoms with van der Waals surface area (Å²) < 4.78 is 5.71. The fourth-order valence-electron chi connectivity index (χ4n) is 2.40. The summed E-state index contributed by atoms with van der Waals surface area (Å²) in [4.78, 5) is 15.0. The maximum absolute atomic E-state index is 12.2. The molecule has 7 nitrogen and oxygen atoms in total. The number of nitriles is 2. The van der Waals surface area contributed by atoms with Gasteiger partial charge in [0, 0.05) is 5.69 Å². The van der Waals surface area contributed by atoms with E-state index in [-0.39, 0.29) is 28.6 Å². The first-order chi connectivity index (χ1) is 14.1. The van der Waals surface area contributed by atoms with Crippen molar-refractivity contribution in [1.29, 1.82) is 10.5 Å². The van der Waals surface area contributed by atoms with Gasteiger partial charge in [-0.15, -0.1) is 0 Å². The predicted octanol–water partition coefficient (Wildman–Crippen LogP) is 3.35. The van der Waals surface area contributed by atoms with Crippen LogP contribution in [-0.2, 0) is 4.79 Å². The molecule has 0 saturated heterocycles. The smallest absolute Gasteiger partial charge is 0.289 e. The van der Waals surface area contributed by atoms with Gasteiger partial charge in [0.05, 0.1) is 5.75 Å². The Kier molecular flexibility index (Phi) is 6.31. The molecule has 0 spiro atoms. The van der Waals surface area contributed by atoms with Crippen LogP contribution in [0.15, 0.2) is 65.7 Å². The molecule has 0 fully saturated rings. The van der Waals surface area contributed by atoms with Crippen molar-refractivity contribution in [3.8, 4) is 23.6 Å². The summed E-state index contributed by atoms with van der Waals surface area (Å²) in [5, 5.41) is 21.4. The lowest BCUT2D eigenvalue weighted by Gasteiger charge is -2.08. The van der Waals surface area contributed by atoms with Gasteiger partial charge in [-0.1, -0.05) is 30.0 Å². The van der Waals surface area contributed by atoms with Crippen molar-refractivity contribution in [2.75, 3.05) is 16.8 Å². The Morgan fingerprint density at radius 1 is 1.03 bits per heavy atom. The molecule has 29 heavy (non-hydrogen) atoms. The fraction of sp³-hybridized carbons (Fsp3) is 0.0476. The number of nitrogen functional groups attached to an aromatic ring is 1. The number of carbonyl (C=O) groups excluding carboxylic acids is 1. The number of carbonyl (C=O) groups is 1. The number of nitrogens with two attached hydrogens (primary N) is 1. The average molecular weight is 402 g/mol. The number of ether oxygens (including phenoxy) is 1. The number of nitrogens with zero attached hydrogens (tertiary/aromatic N) is 2. The number of hydrogen-bond donors (Lipinski definition) is 2. The van der Waals surface area contributed by atoms with Gasteiger partial charge < -0.3 is 10.1 Å². The number of rotatable bonds is 6. The van der Waals surface area contributed by atoms with Crippen molar-refractivity contribution < 1.29 is 14.5 Å². The SMILES string of the molecule is N#Cc1cc(C#N)c(SCC(=O)Nc2ccc(Oc3ccccc3)cc2)[nH+]c1N. The summed E-state index contributed by atoms with van der Waals surface area (Å²) in [6, 6.07) is 21.7. The third-order valence-corrected chi connectivity index (χ3v) is 4.79. The fourth-order valence-corrected chi connectivity index (χ4v) is 3.19. The molecule has 0 aliphatic heterocycles. The van der Waals surface area contributed by atoms with Crippen molar-refractivity contribution in [1.82, 2.24) is 0 Å². The van der Waals surface area contributed by atoms with E-state index in [9.17, 15) is 10.1 Å². The molecule has 0 bridgehead atoms. The number of amides is 1. The van der Waals surface area contributed by atoms with Crippen LogP contribution in [0.2, 0.25) is 0 Å². The number of hydrogen-bond acceptors (Lipinski definition) is 6. The normalized spacial score (nSPS) is 9.86. The summed E-state index contributed by atoms with van der Waals surface area (Å²) >= 11 is 1.13. The molecule has 0 aliphatic carbocycles. The van der Waals surface area contributed by atoms with E-state index in [1.54, 1.807) is 24.3 Å². The first-order valence-corrected chi connectivity index (χ1v) is 9.49. The molecule has 1 heterocycles. The van der Waals surface area contributed by atoms with Crippen LogP contribution in [0.1, 0.15) is 11.1 Å². The number of aromatic amines is 1. The molecule has 0 saturated carbocycles. The molecular formula is C21H16N5O2S+. The molecule has 1 aromatic heterocycles. The molecular weight excluding hydrogens is 386 g/mol. The number of benzene rings is 2. The summed E-state index contributed by atoms with van der Waals surface area (Å²) in [6.07, 6.45) is 0. The minimum absolute atomic E-state index is 0.0682. The van der Waals surface area contributed by atoms with Crippen LogP contribution in [0.4, 0.5) is 11.5 Å². The zero-order chi connectivity index (χ0) is 20.6. The Balaban J connectivity index is 1.58. The van der Waals surface area contributed by atoms with Crippen LogP contribution in [0.5, 0.6) is 11.5 Å². The highest BCUT2D eigenvalue weighted by Crippen LogP contribution is 2.23. The number of anilines is 2. The maximum Gasteiger partial charge on any atom is 0.289 e. The standard InChI is InChI=1S/C21H15N5O2S/c22-11-14-10-15(12-23)21(26-20(14)24)29-13-19(27)25-16-6-8-18(9-7-16)28-17-4-2-1-3-5-17/h1-10H,13H2,(H2,24,26)(H,25,27)/p+1. The summed E-state index contributed by atoms with van der Waals surface area (Å²) in [5.41, 5.74) is 6.81. The Labute approximate surface area is 171 Å². The van der Waals surface area contributed by atoms with Crippen molar-refractivity contribution in [3.05, 3.63) is 71.8 Å². The topological polar surface area (TPSA) is 126 Å². The third-order valence-electron chi connectivity index (χ3n) is 3.78. The van der Waals surface area contributed by atoms with E-state index in [1.807, 2.05) is 42.5 Å². The van der Waals surface area contributed by atoms with Crippen LogP contribution in [0.25, 0.3) is 0 Å². The van der Waals surface area contributed by atoms with Gasteiger partial charge in [-0.25, -0.2) is 4.98 Å². The zero-order valence-corrected chi connectivity index (χ0v) is 16.0. The Bertz CT molecular complexity index is 1100. The Morgan fingerprint density at radius 3 is 2.34 bits per heavy atom. The lowest BCUT2D eigenvalue weighted by atomic mass is 10.2. The first-order valence-electron chi connectivity index (χ1n) is 8.50. The second-order valence-electron chi connectivity index (χ2n) is 5.84. The van der Waals surface area contributed by atoms with Gasteiger partial charge in [-0.3, -0.25) is 10.5 Å². The summed E-state index contributed by atoms with van der Waals surface area (Å²) in [7, 11) is 0. The van der Waals surface area contributed by atoms with Gasteiger partial charge in [0.1, 0.15) is 34.8 Å². The molecule has 0 unspecified atom stereocenters. The molecule has 3 aromatic rings. The van der Waals surface area contributed by atoms with E-state index in [4.69, 9.17) is 15.7 Å². The molecule has 142 valence electrons. The molecule has 1 amide bonds. The first kappa shape index (κ1) is 19.7. The highest BCUT2D eigenvalue weighted by molar-refractivity contribution is 7.99. The molecule has 0 radical (unpaired) electrons. The molecule has 8 heteroatoms. The van der Waals surface area contributed by atoms with Crippen LogP contribution in [0.3, 0.4) is 0 Å².